The van der Waals surface area contributed by atoms with Crippen molar-refractivity contribution in [2.75, 3.05) is 5.73 Å². The van der Waals surface area contributed by atoms with Crippen molar-refractivity contribution >= 4 is 16.7 Å². The third kappa shape index (κ3) is 2.24. The lowest BCUT2D eigenvalue weighted by Gasteiger charge is -2.19. The van der Waals surface area contributed by atoms with Crippen LogP contribution >= 0.6 is 0 Å². The molecular weight excluding hydrogens is 282 g/mol. The summed E-state index contributed by atoms with van der Waals surface area (Å²) in [7, 11) is 0. The molecule has 0 radical (unpaired) electrons. The summed E-state index contributed by atoms with van der Waals surface area (Å²) in [6, 6.07) is 3.65. The largest absolute Gasteiger partial charge is 0.398 e. The van der Waals surface area contributed by atoms with Crippen molar-refractivity contribution in [2.45, 2.75) is 27.3 Å². The van der Waals surface area contributed by atoms with Crippen LogP contribution in [-0.4, -0.2) is 19.5 Å². The van der Waals surface area contributed by atoms with Gasteiger partial charge in [-0.3, -0.25) is 9.78 Å². The quantitative estimate of drug-likeness (QED) is 0.545. The van der Waals surface area contributed by atoms with Gasteiger partial charge in [0.05, 0.1) is 11.0 Å². The zero-order valence-electron chi connectivity index (χ0n) is 12.7. The Morgan fingerprint density at radius 1 is 1.27 bits per heavy atom. The highest BCUT2D eigenvalue weighted by molar-refractivity contribution is 5.83. The third-order valence-corrected chi connectivity index (χ3v) is 3.54. The molecule has 0 atom stereocenters. The van der Waals surface area contributed by atoms with Crippen molar-refractivity contribution in [3.05, 3.63) is 38.5 Å². The van der Waals surface area contributed by atoms with Gasteiger partial charge in [0.15, 0.2) is 11.5 Å². The Kier molecular flexibility index (Phi) is 3.20. The number of H-pyrrole nitrogens is 1. The molecule has 0 amide bonds. The summed E-state index contributed by atoms with van der Waals surface area (Å²) in [4.78, 5) is 34.1. The lowest BCUT2D eigenvalue weighted by Crippen LogP contribution is -2.29. The van der Waals surface area contributed by atoms with Crippen LogP contribution in [0.2, 0.25) is 0 Å². The van der Waals surface area contributed by atoms with Gasteiger partial charge in [-0.05, 0) is 30.5 Å². The summed E-state index contributed by atoms with van der Waals surface area (Å²) in [5.41, 5.74) is 7.92. The number of anilines is 1. The minimum absolute atomic E-state index is 0.164. The highest BCUT2D eigenvalue weighted by Crippen LogP contribution is 2.25. The summed E-state index contributed by atoms with van der Waals surface area (Å²) in [6.07, 6.45) is 0. The van der Waals surface area contributed by atoms with Crippen molar-refractivity contribution in [3.8, 4) is 11.5 Å². The lowest BCUT2D eigenvalue weighted by atomic mass is 10.1. The van der Waals surface area contributed by atoms with E-state index in [1.165, 1.54) is 0 Å². The van der Waals surface area contributed by atoms with E-state index < -0.39 is 11.2 Å². The maximum absolute atomic E-state index is 12.0. The Morgan fingerprint density at radius 3 is 2.68 bits per heavy atom. The molecule has 7 heteroatoms. The molecule has 0 spiro atoms. The number of nitrogens with two attached hydrogens (primary N) is 1. The number of aromatic nitrogens is 4. The van der Waals surface area contributed by atoms with Crippen LogP contribution in [0.3, 0.4) is 0 Å². The number of aromatic amines is 1. The van der Waals surface area contributed by atoms with Crippen LogP contribution in [0.25, 0.3) is 22.6 Å². The number of nitrogens with one attached hydrogen (secondary N) is 1. The van der Waals surface area contributed by atoms with Gasteiger partial charge in [0.2, 0.25) is 0 Å². The first-order chi connectivity index (χ1) is 10.4. The van der Waals surface area contributed by atoms with E-state index in [0.29, 0.717) is 29.5 Å². The number of rotatable bonds is 2. The fourth-order valence-electron chi connectivity index (χ4n) is 2.51. The van der Waals surface area contributed by atoms with Crippen molar-refractivity contribution in [2.24, 2.45) is 5.92 Å². The molecule has 114 valence electrons. The summed E-state index contributed by atoms with van der Waals surface area (Å²) >= 11 is 0. The van der Waals surface area contributed by atoms with Crippen LogP contribution in [-0.2, 0) is 6.54 Å². The summed E-state index contributed by atoms with van der Waals surface area (Å²) < 4.78 is 1.84. The van der Waals surface area contributed by atoms with Gasteiger partial charge < -0.3 is 10.3 Å². The van der Waals surface area contributed by atoms with E-state index >= 15 is 0 Å². The molecule has 22 heavy (non-hydrogen) atoms. The molecule has 0 unspecified atom stereocenters. The third-order valence-electron chi connectivity index (χ3n) is 3.54. The summed E-state index contributed by atoms with van der Waals surface area (Å²) in [6.45, 7) is 6.59. The van der Waals surface area contributed by atoms with Crippen LogP contribution in [0.15, 0.2) is 21.7 Å². The van der Waals surface area contributed by atoms with E-state index in [0.717, 1.165) is 11.1 Å². The zero-order valence-corrected chi connectivity index (χ0v) is 12.7. The fraction of sp³-hybridized carbons (Fsp3) is 0.333. The summed E-state index contributed by atoms with van der Waals surface area (Å²) in [5, 5.41) is 0. The Morgan fingerprint density at radius 2 is 2.00 bits per heavy atom. The van der Waals surface area contributed by atoms with Crippen molar-refractivity contribution < 1.29 is 0 Å². The molecule has 0 saturated carbocycles. The first-order valence-corrected chi connectivity index (χ1v) is 7.07. The first-order valence-electron chi connectivity index (χ1n) is 7.07. The molecule has 3 N–H and O–H groups in total. The van der Waals surface area contributed by atoms with E-state index in [1.54, 1.807) is 0 Å². The van der Waals surface area contributed by atoms with Crippen molar-refractivity contribution in [1.82, 2.24) is 19.5 Å². The number of benzene rings is 1. The van der Waals surface area contributed by atoms with E-state index in [-0.39, 0.29) is 5.69 Å². The maximum atomic E-state index is 12.0. The Balaban J connectivity index is 2.53. The predicted octanol–water partition coefficient (Wildman–Crippen LogP) is 1.13. The molecule has 2 heterocycles. The van der Waals surface area contributed by atoms with Crippen molar-refractivity contribution in [1.29, 1.82) is 0 Å². The molecule has 3 rings (SSSR count). The smallest absolute Gasteiger partial charge is 0.349 e. The van der Waals surface area contributed by atoms with Gasteiger partial charge in [-0.15, -0.1) is 0 Å². The minimum atomic E-state index is -0.670. The Bertz CT molecular complexity index is 955. The molecule has 0 aliphatic carbocycles. The number of nitrogens with zero attached hydrogens (tertiary/aromatic N) is 3. The minimum Gasteiger partial charge on any atom is -0.398 e. The molecule has 1 aromatic rings. The molecule has 7 nitrogen and oxygen atoms in total. The van der Waals surface area contributed by atoms with Gasteiger partial charge in [-0.2, -0.15) is 4.98 Å². The SMILES string of the molecule is Cc1cc2nc3c(=O)[nH]c(=O)nc-3n(CC(C)C)c2cc1N. The normalized spacial score (nSPS) is 11.6. The second-order valence-electron chi connectivity index (χ2n) is 5.86. The van der Waals surface area contributed by atoms with Gasteiger partial charge in [0.1, 0.15) is 0 Å². The maximum Gasteiger partial charge on any atom is 0.349 e. The molecule has 0 fully saturated rings. The van der Waals surface area contributed by atoms with Gasteiger partial charge in [-0.25, -0.2) is 9.78 Å². The highest BCUT2D eigenvalue weighted by atomic mass is 16.2. The van der Waals surface area contributed by atoms with E-state index in [2.05, 4.69) is 15.0 Å². The number of fused-ring (bicyclic) bond motifs is 2. The molecule has 0 bridgehead atoms. The van der Waals surface area contributed by atoms with Crippen LogP contribution in [0, 0.1) is 12.8 Å². The van der Waals surface area contributed by atoms with Crippen LogP contribution in [0.5, 0.6) is 0 Å². The highest BCUT2D eigenvalue weighted by Gasteiger charge is 2.19. The Hall–Kier alpha value is -2.70. The number of aryl methyl sites for hydroxylation is 1. The molecule has 2 aliphatic heterocycles. The van der Waals surface area contributed by atoms with Crippen LogP contribution in [0.4, 0.5) is 5.69 Å². The monoisotopic (exact) mass is 299 g/mol. The van der Waals surface area contributed by atoms with E-state index in [4.69, 9.17) is 5.73 Å². The molecular formula is C15H17N5O2. The molecule has 0 aromatic heterocycles. The predicted molar refractivity (Wildman–Crippen MR) is 85.0 cm³/mol. The molecule has 1 aromatic carbocycles. The second kappa shape index (κ2) is 4.94. The molecule has 0 saturated heterocycles. The topological polar surface area (TPSA) is 107 Å². The van der Waals surface area contributed by atoms with Crippen LogP contribution in [0.1, 0.15) is 19.4 Å². The number of nitrogen functional groups attached to an aromatic ring is 1. The van der Waals surface area contributed by atoms with Crippen molar-refractivity contribution in [3.63, 3.8) is 0 Å². The standard InChI is InChI=1S/C15H17N5O2/c1-7(2)6-20-11-5-9(16)8(3)4-10(11)17-12-13(20)18-15(22)19-14(12)21/h4-5,7H,6,16H2,1-3H3,(H,19,21,22). The average molecular weight is 299 g/mol. The zero-order chi connectivity index (χ0) is 16.0. The van der Waals surface area contributed by atoms with Gasteiger partial charge in [0, 0.05) is 12.2 Å². The van der Waals surface area contributed by atoms with Gasteiger partial charge in [0.25, 0.3) is 5.56 Å². The fourth-order valence-corrected chi connectivity index (χ4v) is 2.51. The van der Waals surface area contributed by atoms with Gasteiger partial charge in [-0.1, -0.05) is 13.8 Å². The lowest BCUT2D eigenvalue weighted by molar-refractivity contribution is 0.530. The summed E-state index contributed by atoms with van der Waals surface area (Å²) in [5.74, 6) is 0.593. The average Bonchev–Trinajstić information content (AvgIpc) is 2.41. The second-order valence-corrected chi connectivity index (χ2v) is 5.86. The van der Waals surface area contributed by atoms with Crippen LogP contribution < -0.4 is 17.0 Å². The number of hydrogen-bond donors (Lipinski definition) is 2. The first kappa shape index (κ1) is 14.2. The van der Waals surface area contributed by atoms with E-state index in [1.807, 2.05) is 37.5 Å². The number of hydrogen-bond acceptors (Lipinski definition) is 5. The van der Waals surface area contributed by atoms with Gasteiger partial charge >= 0.3 is 5.69 Å². The Labute approximate surface area is 126 Å². The van der Waals surface area contributed by atoms with E-state index in [9.17, 15) is 9.59 Å². The molecule has 2 aliphatic rings.